The zero-order valence-corrected chi connectivity index (χ0v) is 6.78. The summed E-state index contributed by atoms with van der Waals surface area (Å²) in [5.74, 6) is 0.796. The summed E-state index contributed by atoms with van der Waals surface area (Å²) in [5, 5.41) is 0. The van der Waals surface area contributed by atoms with Gasteiger partial charge in [0, 0.05) is 6.54 Å². The number of thiol groups is 1. The smallest absolute Gasteiger partial charge is 0.00863 e. The molecule has 0 radical (unpaired) electrons. The van der Waals surface area contributed by atoms with Crippen LogP contribution < -0.4 is 0 Å². The van der Waals surface area contributed by atoms with E-state index < -0.39 is 0 Å². The molecule has 0 fully saturated rings. The van der Waals surface area contributed by atoms with Gasteiger partial charge in [-0.3, -0.25) is 4.31 Å². The Bertz CT molecular complexity index is 44.5. The van der Waals surface area contributed by atoms with Crippen molar-refractivity contribution in [2.75, 3.05) is 13.6 Å². The van der Waals surface area contributed by atoms with Gasteiger partial charge in [0.2, 0.25) is 0 Å². The fourth-order valence-corrected chi connectivity index (χ4v) is 0.561. The Balaban J connectivity index is 2.93. The quantitative estimate of drug-likeness (QED) is 0.575. The van der Waals surface area contributed by atoms with Crippen LogP contribution in [0.3, 0.4) is 0 Å². The van der Waals surface area contributed by atoms with E-state index in [1.807, 2.05) is 11.4 Å². The maximum atomic E-state index is 4.11. The number of hydrogen-bond donors (Lipinski definition) is 1. The third-order valence-electron chi connectivity index (χ3n) is 1.03. The molecule has 0 aromatic rings. The third kappa shape index (κ3) is 6.31. The molecule has 0 aliphatic rings. The van der Waals surface area contributed by atoms with E-state index in [4.69, 9.17) is 0 Å². The number of nitrogens with zero attached hydrogens (tertiary/aromatic N) is 1. The van der Waals surface area contributed by atoms with Crippen molar-refractivity contribution in [3.05, 3.63) is 0 Å². The highest BCUT2D eigenvalue weighted by Crippen LogP contribution is 2.00. The van der Waals surface area contributed by atoms with E-state index in [0.717, 1.165) is 12.5 Å². The molecule has 0 saturated carbocycles. The summed E-state index contributed by atoms with van der Waals surface area (Å²) >= 11 is 4.11. The van der Waals surface area contributed by atoms with Crippen molar-refractivity contribution < 1.29 is 0 Å². The SMILES string of the molecule is CC(C)CCN(C)S. The Hall–Kier alpha value is 0.310. The lowest BCUT2D eigenvalue weighted by Crippen LogP contribution is -2.08. The van der Waals surface area contributed by atoms with Crippen molar-refractivity contribution in [2.24, 2.45) is 5.92 Å². The third-order valence-corrected chi connectivity index (χ3v) is 1.23. The predicted octanol–water partition coefficient (Wildman–Crippen LogP) is 1.81. The summed E-state index contributed by atoms with van der Waals surface area (Å²) in [4.78, 5) is 0. The first-order valence-corrected chi connectivity index (χ1v) is 3.43. The first kappa shape index (κ1) is 8.31. The van der Waals surface area contributed by atoms with Gasteiger partial charge in [-0.1, -0.05) is 26.7 Å². The van der Waals surface area contributed by atoms with E-state index in [9.17, 15) is 0 Å². The molecule has 0 saturated heterocycles. The van der Waals surface area contributed by atoms with Gasteiger partial charge < -0.3 is 0 Å². The maximum Gasteiger partial charge on any atom is 0.00863 e. The van der Waals surface area contributed by atoms with E-state index in [-0.39, 0.29) is 0 Å². The minimum absolute atomic E-state index is 0.796. The fourth-order valence-electron chi connectivity index (χ4n) is 0.445. The van der Waals surface area contributed by atoms with Crippen LogP contribution in [0.25, 0.3) is 0 Å². The van der Waals surface area contributed by atoms with Crippen molar-refractivity contribution in [3.8, 4) is 0 Å². The summed E-state index contributed by atoms with van der Waals surface area (Å²) in [6.45, 7) is 5.52. The molecule has 0 atom stereocenters. The molecule has 0 rings (SSSR count). The topological polar surface area (TPSA) is 3.24 Å². The Morgan fingerprint density at radius 1 is 1.50 bits per heavy atom. The van der Waals surface area contributed by atoms with Crippen LogP contribution in [0.2, 0.25) is 0 Å². The summed E-state index contributed by atoms with van der Waals surface area (Å²) in [6, 6.07) is 0. The average Bonchev–Trinajstić information content (AvgIpc) is 1.61. The second kappa shape index (κ2) is 4.21. The lowest BCUT2D eigenvalue weighted by molar-refractivity contribution is 0.476. The highest BCUT2D eigenvalue weighted by atomic mass is 32.1. The van der Waals surface area contributed by atoms with Crippen LogP contribution in [0.5, 0.6) is 0 Å². The largest absolute Gasteiger partial charge is 0.256 e. The minimum Gasteiger partial charge on any atom is -0.256 e. The van der Waals surface area contributed by atoms with Gasteiger partial charge in [-0.2, -0.15) is 0 Å². The van der Waals surface area contributed by atoms with Gasteiger partial charge in [-0.15, -0.1) is 0 Å². The summed E-state index contributed by atoms with van der Waals surface area (Å²) in [7, 11) is 1.98. The second-order valence-corrected chi connectivity index (χ2v) is 3.25. The normalized spacial score (nSPS) is 11.2. The molecule has 0 aliphatic carbocycles. The van der Waals surface area contributed by atoms with E-state index >= 15 is 0 Å². The first-order chi connectivity index (χ1) is 3.63. The van der Waals surface area contributed by atoms with Gasteiger partial charge in [-0.05, 0) is 19.4 Å². The highest BCUT2D eigenvalue weighted by Gasteiger charge is 1.93. The molecule has 8 heavy (non-hydrogen) atoms. The molecule has 0 spiro atoms. The van der Waals surface area contributed by atoms with Gasteiger partial charge in [0.1, 0.15) is 0 Å². The van der Waals surface area contributed by atoms with Crippen LogP contribution in [0.15, 0.2) is 0 Å². The minimum atomic E-state index is 0.796. The molecular formula is C6H15NS. The van der Waals surface area contributed by atoms with Crippen LogP contribution in [0, 0.1) is 5.92 Å². The van der Waals surface area contributed by atoms with Crippen molar-refractivity contribution in [3.63, 3.8) is 0 Å². The van der Waals surface area contributed by atoms with E-state index in [0.29, 0.717) is 0 Å². The number of rotatable bonds is 3. The molecule has 0 N–H and O–H groups in total. The monoisotopic (exact) mass is 133 g/mol. The zero-order valence-electron chi connectivity index (χ0n) is 5.89. The molecule has 1 nitrogen and oxygen atoms in total. The zero-order chi connectivity index (χ0) is 6.57. The van der Waals surface area contributed by atoms with Crippen molar-refractivity contribution in [1.29, 1.82) is 0 Å². The summed E-state index contributed by atoms with van der Waals surface area (Å²) < 4.78 is 1.92. The molecule has 0 aromatic carbocycles. The van der Waals surface area contributed by atoms with E-state index in [1.165, 1.54) is 6.42 Å². The Kier molecular flexibility index (Phi) is 4.38. The molecular weight excluding hydrogens is 118 g/mol. The van der Waals surface area contributed by atoms with Gasteiger partial charge in [0.15, 0.2) is 0 Å². The maximum absolute atomic E-state index is 4.11. The van der Waals surface area contributed by atoms with Crippen molar-refractivity contribution in [1.82, 2.24) is 4.31 Å². The van der Waals surface area contributed by atoms with Crippen LogP contribution in [-0.4, -0.2) is 17.9 Å². The van der Waals surface area contributed by atoms with E-state index in [2.05, 4.69) is 26.7 Å². The highest BCUT2D eigenvalue weighted by molar-refractivity contribution is 7.77. The lowest BCUT2D eigenvalue weighted by atomic mass is 10.1. The van der Waals surface area contributed by atoms with Gasteiger partial charge in [-0.25, -0.2) is 0 Å². The molecule has 0 heterocycles. The molecule has 0 aromatic heterocycles. The van der Waals surface area contributed by atoms with Gasteiger partial charge in [0.05, 0.1) is 0 Å². The molecule has 0 amide bonds. The molecule has 2 heteroatoms. The standard InChI is InChI=1S/C6H15NS/c1-6(2)4-5-7(3)8/h6,8H,4-5H2,1-3H3. The van der Waals surface area contributed by atoms with Gasteiger partial charge >= 0.3 is 0 Å². The van der Waals surface area contributed by atoms with E-state index in [1.54, 1.807) is 0 Å². The molecule has 50 valence electrons. The Labute approximate surface area is 57.6 Å². The molecule has 0 aliphatic heterocycles. The summed E-state index contributed by atoms with van der Waals surface area (Å²) in [5.41, 5.74) is 0. The van der Waals surface area contributed by atoms with Gasteiger partial charge in [0.25, 0.3) is 0 Å². The molecule has 0 bridgehead atoms. The summed E-state index contributed by atoms with van der Waals surface area (Å²) in [6.07, 6.45) is 1.24. The van der Waals surface area contributed by atoms with Crippen LogP contribution in [-0.2, 0) is 0 Å². The second-order valence-electron chi connectivity index (χ2n) is 2.56. The Morgan fingerprint density at radius 2 is 2.00 bits per heavy atom. The average molecular weight is 133 g/mol. The lowest BCUT2D eigenvalue weighted by Gasteiger charge is -2.08. The van der Waals surface area contributed by atoms with Crippen LogP contribution in [0.4, 0.5) is 0 Å². The van der Waals surface area contributed by atoms with Crippen LogP contribution in [0.1, 0.15) is 20.3 Å². The van der Waals surface area contributed by atoms with Crippen LogP contribution >= 0.6 is 12.8 Å². The van der Waals surface area contributed by atoms with Crippen molar-refractivity contribution >= 4 is 12.8 Å². The Morgan fingerprint density at radius 3 is 2.12 bits per heavy atom. The first-order valence-electron chi connectivity index (χ1n) is 3.03. The number of hydrogen-bond acceptors (Lipinski definition) is 2. The predicted molar refractivity (Wildman–Crippen MR) is 41.1 cm³/mol. The van der Waals surface area contributed by atoms with Crippen molar-refractivity contribution in [2.45, 2.75) is 20.3 Å². The fraction of sp³-hybridized carbons (Fsp3) is 1.00. The molecule has 0 unspecified atom stereocenters.